The molecule has 0 saturated carbocycles. The van der Waals surface area contributed by atoms with Crippen LogP contribution in [0.1, 0.15) is 21.5 Å². The van der Waals surface area contributed by atoms with E-state index in [0.29, 0.717) is 17.9 Å². The zero-order chi connectivity index (χ0) is 28.7. The molecule has 0 fully saturated rings. The van der Waals surface area contributed by atoms with E-state index in [0.717, 1.165) is 44.7 Å². The van der Waals surface area contributed by atoms with Gasteiger partial charge in [-0.2, -0.15) is 10.2 Å². The molecule has 0 atom stereocenters. The molecule has 0 unspecified atom stereocenters. The number of pyridine rings is 1. The van der Waals surface area contributed by atoms with Crippen LogP contribution in [-0.4, -0.2) is 34.0 Å². The summed E-state index contributed by atoms with van der Waals surface area (Å²) in [6.45, 7) is 0.356. The highest BCUT2D eigenvalue weighted by Crippen LogP contribution is 2.26. The summed E-state index contributed by atoms with van der Waals surface area (Å²) >= 11 is 0. The van der Waals surface area contributed by atoms with Gasteiger partial charge in [0.2, 0.25) is 0 Å². The first-order valence-corrected chi connectivity index (χ1v) is 13.4. The molecule has 0 saturated heterocycles. The lowest BCUT2D eigenvalue weighted by Gasteiger charge is -2.09. The summed E-state index contributed by atoms with van der Waals surface area (Å²) in [5, 5.41) is 10.0. The van der Waals surface area contributed by atoms with E-state index in [1.54, 1.807) is 36.3 Å². The number of nitrogens with one attached hydrogen (secondary N) is 1. The number of nitrogens with zero attached hydrogens (tertiary/aromatic N) is 4. The van der Waals surface area contributed by atoms with Crippen LogP contribution < -0.4 is 14.9 Å². The second-order valence-corrected chi connectivity index (χ2v) is 9.46. The molecule has 6 rings (SSSR count). The van der Waals surface area contributed by atoms with Crippen molar-refractivity contribution < 1.29 is 14.3 Å². The van der Waals surface area contributed by atoms with Crippen LogP contribution in [0.5, 0.6) is 11.5 Å². The third-order valence-corrected chi connectivity index (χ3v) is 6.70. The fraction of sp³-hybridized carbons (Fsp3) is 0.0588. The first kappa shape index (κ1) is 26.5. The minimum absolute atomic E-state index is 0.321. The molecule has 0 bridgehead atoms. The van der Waals surface area contributed by atoms with Crippen LogP contribution in [0.3, 0.4) is 0 Å². The number of para-hydroxylation sites is 2. The summed E-state index contributed by atoms with van der Waals surface area (Å²) in [4.78, 5) is 17.3. The van der Waals surface area contributed by atoms with Gasteiger partial charge in [0.25, 0.3) is 5.91 Å². The van der Waals surface area contributed by atoms with Gasteiger partial charge in [-0.25, -0.2) is 10.1 Å². The lowest BCUT2D eigenvalue weighted by molar-refractivity contribution is 0.0955. The Hall–Kier alpha value is -5.76. The average molecular weight is 554 g/mol. The van der Waals surface area contributed by atoms with Crippen molar-refractivity contribution >= 4 is 23.0 Å². The van der Waals surface area contributed by atoms with Crippen LogP contribution in [-0.2, 0) is 6.61 Å². The van der Waals surface area contributed by atoms with Crippen LogP contribution in [0.2, 0.25) is 0 Å². The first-order valence-electron chi connectivity index (χ1n) is 13.4. The van der Waals surface area contributed by atoms with E-state index in [4.69, 9.17) is 14.6 Å². The molecule has 42 heavy (non-hydrogen) atoms. The van der Waals surface area contributed by atoms with Crippen LogP contribution in [0.15, 0.2) is 127 Å². The number of rotatable bonds is 9. The average Bonchev–Trinajstić information content (AvgIpc) is 3.48. The number of carbonyl (C=O) groups excluding carboxylic acids is 1. The number of hydrogen-bond donors (Lipinski definition) is 1. The molecule has 0 aliphatic heterocycles. The van der Waals surface area contributed by atoms with Gasteiger partial charge >= 0.3 is 0 Å². The Kier molecular flexibility index (Phi) is 7.67. The molecule has 0 aliphatic carbocycles. The Morgan fingerprint density at radius 1 is 0.905 bits per heavy atom. The van der Waals surface area contributed by atoms with Gasteiger partial charge in [-0.05, 0) is 66.2 Å². The fourth-order valence-electron chi connectivity index (χ4n) is 4.50. The van der Waals surface area contributed by atoms with Gasteiger partial charge < -0.3 is 9.47 Å². The number of hydrazone groups is 1. The Balaban J connectivity index is 1.14. The quantitative estimate of drug-likeness (QED) is 0.164. The Bertz CT molecular complexity index is 1840. The molecule has 2 heterocycles. The van der Waals surface area contributed by atoms with Gasteiger partial charge in [0.1, 0.15) is 29.3 Å². The van der Waals surface area contributed by atoms with Crippen LogP contribution in [0.4, 0.5) is 0 Å². The molecule has 1 N–H and O–H groups in total. The molecule has 8 nitrogen and oxygen atoms in total. The summed E-state index contributed by atoms with van der Waals surface area (Å²) in [5.74, 6) is 1.15. The van der Waals surface area contributed by atoms with E-state index in [-0.39, 0.29) is 5.91 Å². The minimum Gasteiger partial charge on any atom is -0.497 e. The smallest absolute Gasteiger partial charge is 0.271 e. The molecule has 0 spiro atoms. The predicted octanol–water partition coefficient (Wildman–Crippen LogP) is 6.44. The molecule has 0 radical (unpaired) electrons. The van der Waals surface area contributed by atoms with E-state index < -0.39 is 0 Å². The van der Waals surface area contributed by atoms with Crippen molar-refractivity contribution in [3.8, 4) is 28.4 Å². The molecule has 1 amide bonds. The number of ether oxygens (including phenoxy) is 2. The number of amides is 1. The van der Waals surface area contributed by atoms with E-state index in [1.807, 2.05) is 103 Å². The number of fused-ring (bicyclic) bond motifs is 1. The lowest BCUT2D eigenvalue weighted by Crippen LogP contribution is -2.17. The maximum atomic E-state index is 12.8. The normalized spacial score (nSPS) is 11.1. The number of aromatic nitrogens is 3. The van der Waals surface area contributed by atoms with E-state index in [1.165, 1.54) is 0 Å². The highest BCUT2D eigenvalue weighted by molar-refractivity contribution is 5.95. The van der Waals surface area contributed by atoms with Gasteiger partial charge in [-0.1, -0.05) is 48.5 Å². The van der Waals surface area contributed by atoms with Crippen LogP contribution in [0, 0.1) is 0 Å². The zero-order valence-corrected chi connectivity index (χ0v) is 22.8. The maximum Gasteiger partial charge on any atom is 0.271 e. The van der Waals surface area contributed by atoms with Gasteiger partial charge in [0.05, 0.1) is 19.0 Å². The van der Waals surface area contributed by atoms with Crippen molar-refractivity contribution in [2.75, 3.05) is 7.11 Å². The number of hydrogen-bond acceptors (Lipinski definition) is 6. The Morgan fingerprint density at radius 3 is 2.48 bits per heavy atom. The number of methoxy groups -OCH3 is 1. The standard InChI is InChI=1S/C34H27N5O3/c1-41-30-18-16-26(17-19-30)32-28(22-39(38-32)29-9-3-2-4-10-29)21-36-37-34(40)27-14-12-24(13-15-27)23-42-31-11-5-7-25-8-6-20-35-33(25)31/h2-22H,23H2,1H3,(H,37,40). The SMILES string of the molecule is COc1ccc(-c2nn(-c3ccccc3)cc2C=NNC(=O)c2ccc(COc3cccc4cccnc34)cc2)cc1. The molecule has 0 aliphatic rings. The molecule has 2 aromatic heterocycles. The van der Waals surface area contributed by atoms with E-state index >= 15 is 0 Å². The first-order chi connectivity index (χ1) is 20.7. The Labute approximate surface area is 242 Å². The molecule has 206 valence electrons. The highest BCUT2D eigenvalue weighted by atomic mass is 16.5. The predicted molar refractivity (Wildman–Crippen MR) is 163 cm³/mol. The molecular weight excluding hydrogens is 526 g/mol. The van der Waals surface area contributed by atoms with E-state index in [2.05, 4.69) is 15.5 Å². The minimum atomic E-state index is -0.321. The number of benzene rings is 4. The van der Waals surface area contributed by atoms with Crippen molar-refractivity contribution in [2.24, 2.45) is 5.10 Å². The van der Waals surface area contributed by atoms with Crippen molar-refractivity contribution in [3.63, 3.8) is 0 Å². The summed E-state index contributed by atoms with van der Waals surface area (Å²) in [5.41, 5.74) is 8.15. The molecule has 4 aromatic carbocycles. The lowest BCUT2D eigenvalue weighted by atomic mass is 10.1. The highest BCUT2D eigenvalue weighted by Gasteiger charge is 2.12. The zero-order valence-electron chi connectivity index (χ0n) is 22.8. The fourth-order valence-corrected chi connectivity index (χ4v) is 4.50. The maximum absolute atomic E-state index is 12.8. The van der Waals surface area contributed by atoms with Gasteiger partial charge in [-0.3, -0.25) is 9.78 Å². The second-order valence-electron chi connectivity index (χ2n) is 9.46. The van der Waals surface area contributed by atoms with Crippen molar-refractivity contribution in [1.29, 1.82) is 0 Å². The van der Waals surface area contributed by atoms with Crippen molar-refractivity contribution in [2.45, 2.75) is 6.61 Å². The molecule has 8 heteroatoms. The third kappa shape index (κ3) is 5.88. The van der Waals surface area contributed by atoms with Crippen molar-refractivity contribution in [1.82, 2.24) is 20.2 Å². The summed E-state index contributed by atoms with van der Waals surface area (Å²) in [6, 6.07) is 34.4. The Morgan fingerprint density at radius 2 is 1.69 bits per heavy atom. The summed E-state index contributed by atoms with van der Waals surface area (Å²) in [7, 11) is 1.63. The topological polar surface area (TPSA) is 90.6 Å². The third-order valence-electron chi connectivity index (χ3n) is 6.70. The second kappa shape index (κ2) is 12.2. The van der Waals surface area contributed by atoms with Crippen molar-refractivity contribution in [3.05, 3.63) is 138 Å². The van der Waals surface area contributed by atoms with Crippen LogP contribution in [0.25, 0.3) is 27.8 Å². The van der Waals surface area contributed by atoms with Gasteiger partial charge in [0, 0.05) is 34.5 Å². The molecular formula is C34H27N5O3. The molecule has 6 aromatic rings. The number of carbonyl (C=O) groups is 1. The monoisotopic (exact) mass is 553 g/mol. The van der Waals surface area contributed by atoms with Crippen LogP contribution >= 0.6 is 0 Å². The summed E-state index contributed by atoms with van der Waals surface area (Å²) in [6.07, 6.45) is 5.23. The van der Waals surface area contributed by atoms with Gasteiger partial charge in [-0.15, -0.1) is 0 Å². The largest absolute Gasteiger partial charge is 0.497 e. The van der Waals surface area contributed by atoms with E-state index in [9.17, 15) is 4.79 Å². The summed E-state index contributed by atoms with van der Waals surface area (Å²) < 4.78 is 13.1. The van der Waals surface area contributed by atoms with Gasteiger partial charge in [0.15, 0.2) is 0 Å².